The predicted octanol–water partition coefficient (Wildman–Crippen LogP) is 3.01. The number of likely N-dealkylation sites (tertiary alicyclic amines) is 1. The molecular formula is C15H30N2. The molecule has 2 N–H and O–H groups in total. The van der Waals surface area contributed by atoms with Crippen LogP contribution in [0, 0.1) is 11.8 Å². The first-order valence-electron chi connectivity index (χ1n) is 7.70. The van der Waals surface area contributed by atoms with Crippen molar-refractivity contribution in [3.63, 3.8) is 0 Å². The van der Waals surface area contributed by atoms with Crippen LogP contribution in [0.25, 0.3) is 0 Å². The first-order valence-corrected chi connectivity index (χ1v) is 7.70. The van der Waals surface area contributed by atoms with Gasteiger partial charge in [0, 0.05) is 18.6 Å². The van der Waals surface area contributed by atoms with Gasteiger partial charge in [0.25, 0.3) is 0 Å². The van der Waals surface area contributed by atoms with Crippen LogP contribution in [0.5, 0.6) is 0 Å². The standard InChI is InChI=1S/C15H30N2/c1-3-13-5-4-6-14(10-13)17-8-7-12(2)9-15(17)11-16/h12-15H,3-11,16H2,1-2H3. The summed E-state index contributed by atoms with van der Waals surface area (Å²) in [6, 6.07) is 1.51. The molecule has 1 aliphatic carbocycles. The number of nitrogens with two attached hydrogens (primary N) is 1. The number of rotatable bonds is 3. The molecule has 1 saturated heterocycles. The molecule has 100 valence electrons. The van der Waals surface area contributed by atoms with Crippen molar-refractivity contribution in [2.45, 2.75) is 70.9 Å². The van der Waals surface area contributed by atoms with E-state index in [1.165, 1.54) is 51.5 Å². The van der Waals surface area contributed by atoms with Gasteiger partial charge in [-0.25, -0.2) is 0 Å². The topological polar surface area (TPSA) is 29.3 Å². The fourth-order valence-electron chi connectivity index (χ4n) is 3.92. The molecule has 0 aromatic rings. The van der Waals surface area contributed by atoms with E-state index in [1.54, 1.807) is 0 Å². The van der Waals surface area contributed by atoms with Gasteiger partial charge in [-0.1, -0.05) is 33.1 Å². The highest BCUT2D eigenvalue weighted by atomic mass is 15.2. The molecule has 4 unspecified atom stereocenters. The van der Waals surface area contributed by atoms with E-state index in [-0.39, 0.29) is 0 Å². The Labute approximate surface area is 107 Å². The van der Waals surface area contributed by atoms with Gasteiger partial charge >= 0.3 is 0 Å². The Morgan fingerprint density at radius 2 is 2.00 bits per heavy atom. The second-order valence-corrected chi connectivity index (χ2v) is 6.35. The summed E-state index contributed by atoms with van der Waals surface area (Å²) in [6.07, 6.45) is 9.82. The third kappa shape index (κ3) is 3.23. The molecule has 1 saturated carbocycles. The van der Waals surface area contributed by atoms with E-state index in [0.717, 1.165) is 24.4 Å². The average Bonchev–Trinajstić information content (AvgIpc) is 2.38. The summed E-state index contributed by atoms with van der Waals surface area (Å²) in [7, 11) is 0. The molecule has 2 fully saturated rings. The number of nitrogens with zero attached hydrogens (tertiary/aromatic N) is 1. The first-order chi connectivity index (χ1) is 8.24. The molecule has 0 spiro atoms. The summed E-state index contributed by atoms with van der Waals surface area (Å²) in [5.74, 6) is 1.86. The van der Waals surface area contributed by atoms with Crippen LogP contribution in [0.4, 0.5) is 0 Å². The average molecular weight is 238 g/mol. The Morgan fingerprint density at radius 1 is 1.18 bits per heavy atom. The molecular weight excluding hydrogens is 208 g/mol. The van der Waals surface area contributed by atoms with Crippen molar-refractivity contribution in [3.05, 3.63) is 0 Å². The number of piperidine rings is 1. The van der Waals surface area contributed by atoms with Crippen molar-refractivity contribution >= 4 is 0 Å². The molecule has 0 aromatic heterocycles. The van der Waals surface area contributed by atoms with E-state index in [2.05, 4.69) is 18.7 Å². The molecule has 0 bridgehead atoms. The lowest BCUT2D eigenvalue weighted by atomic mass is 9.81. The highest BCUT2D eigenvalue weighted by Gasteiger charge is 2.33. The Bertz CT molecular complexity index is 229. The van der Waals surface area contributed by atoms with Gasteiger partial charge < -0.3 is 5.73 Å². The van der Waals surface area contributed by atoms with Gasteiger partial charge in [0.15, 0.2) is 0 Å². The van der Waals surface area contributed by atoms with Crippen LogP contribution in [0.3, 0.4) is 0 Å². The van der Waals surface area contributed by atoms with Crippen molar-refractivity contribution in [3.8, 4) is 0 Å². The van der Waals surface area contributed by atoms with E-state index in [9.17, 15) is 0 Å². The molecule has 2 aliphatic rings. The van der Waals surface area contributed by atoms with E-state index < -0.39 is 0 Å². The van der Waals surface area contributed by atoms with Crippen LogP contribution in [0.15, 0.2) is 0 Å². The van der Waals surface area contributed by atoms with Crippen LogP contribution in [-0.2, 0) is 0 Å². The van der Waals surface area contributed by atoms with E-state index in [4.69, 9.17) is 5.73 Å². The fourth-order valence-corrected chi connectivity index (χ4v) is 3.92. The lowest BCUT2D eigenvalue weighted by molar-refractivity contribution is 0.0448. The predicted molar refractivity (Wildman–Crippen MR) is 74.0 cm³/mol. The molecule has 0 aromatic carbocycles. The monoisotopic (exact) mass is 238 g/mol. The second kappa shape index (κ2) is 6.19. The zero-order valence-electron chi connectivity index (χ0n) is 11.7. The maximum atomic E-state index is 5.99. The summed E-state index contributed by atoms with van der Waals surface area (Å²) in [6.45, 7) is 6.89. The summed E-state index contributed by atoms with van der Waals surface area (Å²) < 4.78 is 0. The molecule has 2 rings (SSSR count). The molecule has 1 heterocycles. The minimum atomic E-state index is 0.666. The van der Waals surface area contributed by atoms with Crippen LogP contribution < -0.4 is 5.73 Å². The summed E-state index contributed by atoms with van der Waals surface area (Å²) in [5, 5.41) is 0. The van der Waals surface area contributed by atoms with Gasteiger partial charge in [-0.15, -0.1) is 0 Å². The highest BCUT2D eigenvalue weighted by Crippen LogP contribution is 2.33. The van der Waals surface area contributed by atoms with Gasteiger partial charge in [-0.05, 0) is 44.1 Å². The summed E-state index contributed by atoms with van der Waals surface area (Å²) in [5.41, 5.74) is 5.99. The molecule has 17 heavy (non-hydrogen) atoms. The maximum absolute atomic E-state index is 5.99. The van der Waals surface area contributed by atoms with Gasteiger partial charge in [-0.3, -0.25) is 4.90 Å². The molecule has 4 atom stereocenters. The third-order valence-electron chi connectivity index (χ3n) is 5.10. The van der Waals surface area contributed by atoms with Crippen molar-refractivity contribution < 1.29 is 0 Å². The largest absolute Gasteiger partial charge is 0.329 e. The second-order valence-electron chi connectivity index (χ2n) is 6.35. The van der Waals surface area contributed by atoms with Gasteiger partial charge in [0.05, 0.1) is 0 Å². The lowest BCUT2D eigenvalue weighted by Crippen LogP contribution is -2.52. The van der Waals surface area contributed by atoms with Crippen molar-refractivity contribution in [1.82, 2.24) is 4.90 Å². The Morgan fingerprint density at radius 3 is 2.71 bits per heavy atom. The summed E-state index contributed by atoms with van der Waals surface area (Å²) >= 11 is 0. The van der Waals surface area contributed by atoms with Crippen molar-refractivity contribution in [2.24, 2.45) is 17.6 Å². The summed E-state index contributed by atoms with van der Waals surface area (Å²) in [4.78, 5) is 2.77. The van der Waals surface area contributed by atoms with E-state index >= 15 is 0 Å². The minimum Gasteiger partial charge on any atom is -0.329 e. The van der Waals surface area contributed by atoms with Crippen LogP contribution in [-0.4, -0.2) is 30.1 Å². The molecule has 1 aliphatic heterocycles. The fraction of sp³-hybridized carbons (Fsp3) is 1.00. The molecule has 0 amide bonds. The SMILES string of the molecule is CCC1CCCC(N2CCC(C)CC2CN)C1. The maximum Gasteiger partial charge on any atom is 0.0223 e. The normalized spacial score (nSPS) is 40.4. The quantitative estimate of drug-likeness (QED) is 0.819. The third-order valence-corrected chi connectivity index (χ3v) is 5.10. The van der Waals surface area contributed by atoms with Gasteiger partial charge in [-0.2, -0.15) is 0 Å². The van der Waals surface area contributed by atoms with E-state index in [0.29, 0.717) is 6.04 Å². The Hall–Kier alpha value is -0.0800. The Kier molecular flexibility index (Phi) is 4.87. The first kappa shape index (κ1) is 13.4. The Balaban J connectivity index is 1.95. The van der Waals surface area contributed by atoms with Crippen molar-refractivity contribution in [1.29, 1.82) is 0 Å². The van der Waals surface area contributed by atoms with E-state index in [1.807, 2.05) is 0 Å². The lowest BCUT2D eigenvalue weighted by Gasteiger charge is -2.45. The van der Waals surface area contributed by atoms with Crippen LogP contribution in [0.2, 0.25) is 0 Å². The number of hydrogen-bond donors (Lipinski definition) is 1. The molecule has 0 radical (unpaired) electrons. The van der Waals surface area contributed by atoms with Gasteiger partial charge in [0.2, 0.25) is 0 Å². The van der Waals surface area contributed by atoms with Gasteiger partial charge in [0.1, 0.15) is 0 Å². The van der Waals surface area contributed by atoms with Crippen molar-refractivity contribution in [2.75, 3.05) is 13.1 Å². The number of hydrogen-bond acceptors (Lipinski definition) is 2. The minimum absolute atomic E-state index is 0.666. The van der Waals surface area contributed by atoms with Crippen LogP contribution >= 0.6 is 0 Å². The smallest absolute Gasteiger partial charge is 0.0223 e. The molecule has 2 nitrogen and oxygen atoms in total. The highest BCUT2D eigenvalue weighted by molar-refractivity contribution is 4.88. The van der Waals surface area contributed by atoms with Crippen LogP contribution in [0.1, 0.15) is 58.8 Å². The zero-order chi connectivity index (χ0) is 12.3. The molecule has 2 heteroatoms. The zero-order valence-corrected chi connectivity index (χ0v) is 11.7.